The van der Waals surface area contributed by atoms with E-state index in [1.165, 1.54) is 4.31 Å². The number of carbonyl (C=O) groups is 1. The number of aryl methyl sites for hydroxylation is 2. The van der Waals surface area contributed by atoms with Gasteiger partial charge >= 0.3 is 0 Å². The molecule has 2 aromatic carbocycles. The molecular weight excluding hydrogens is 386 g/mol. The van der Waals surface area contributed by atoms with E-state index in [0.29, 0.717) is 38.3 Å². The average molecular weight is 418 g/mol. The van der Waals surface area contributed by atoms with Gasteiger partial charge in [0.05, 0.1) is 17.2 Å². The molecule has 0 saturated heterocycles. The zero-order valence-electron chi connectivity index (χ0n) is 17.7. The standard InChI is InChI=1S/C23H31NO4S/c1-18(2)16-24(22-14-19(3)13-20(4)15-22)29(26,27)23-9-7-21(8-10-23)17-28-12-6-5-11-25/h7-11,13-15,18H,5-6,12,16-17H2,1-4H3. The Morgan fingerprint density at radius 2 is 1.66 bits per heavy atom. The first-order valence-electron chi connectivity index (χ1n) is 9.95. The first kappa shape index (κ1) is 23.1. The molecule has 2 aromatic rings. The molecule has 0 fully saturated rings. The van der Waals surface area contributed by atoms with Gasteiger partial charge in [-0.25, -0.2) is 8.42 Å². The number of rotatable bonds is 11. The summed E-state index contributed by atoms with van der Waals surface area (Å²) in [6.45, 7) is 9.28. The molecule has 5 nitrogen and oxygen atoms in total. The first-order chi connectivity index (χ1) is 13.7. The highest BCUT2D eigenvalue weighted by Gasteiger charge is 2.26. The summed E-state index contributed by atoms with van der Waals surface area (Å²) in [5.41, 5.74) is 3.66. The summed E-state index contributed by atoms with van der Waals surface area (Å²) < 4.78 is 33.8. The lowest BCUT2D eigenvalue weighted by Crippen LogP contribution is -2.34. The van der Waals surface area contributed by atoms with E-state index in [-0.39, 0.29) is 10.8 Å². The van der Waals surface area contributed by atoms with Gasteiger partial charge < -0.3 is 9.53 Å². The normalized spacial score (nSPS) is 11.6. The van der Waals surface area contributed by atoms with E-state index in [0.717, 1.165) is 23.0 Å². The van der Waals surface area contributed by atoms with Crippen molar-refractivity contribution in [3.05, 3.63) is 59.2 Å². The fourth-order valence-corrected chi connectivity index (χ4v) is 4.72. The number of aldehydes is 1. The van der Waals surface area contributed by atoms with Gasteiger partial charge in [0.15, 0.2) is 0 Å². The summed E-state index contributed by atoms with van der Waals surface area (Å²) in [5.74, 6) is 0.185. The molecule has 0 aliphatic heterocycles. The molecule has 0 N–H and O–H groups in total. The monoisotopic (exact) mass is 417 g/mol. The van der Waals surface area contributed by atoms with Crippen LogP contribution in [0.5, 0.6) is 0 Å². The molecular formula is C23H31NO4S. The van der Waals surface area contributed by atoms with Crippen molar-refractivity contribution in [1.29, 1.82) is 0 Å². The number of carbonyl (C=O) groups excluding carboxylic acids is 1. The number of sulfonamides is 1. The van der Waals surface area contributed by atoms with Crippen LogP contribution in [0.3, 0.4) is 0 Å². The molecule has 29 heavy (non-hydrogen) atoms. The van der Waals surface area contributed by atoms with E-state index in [1.807, 2.05) is 45.9 Å². The molecule has 0 aromatic heterocycles. The number of benzene rings is 2. The predicted octanol–water partition coefficient (Wildman–Crippen LogP) is 4.65. The van der Waals surface area contributed by atoms with E-state index in [1.54, 1.807) is 24.3 Å². The SMILES string of the molecule is Cc1cc(C)cc(N(CC(C)C)S(=O)(=O)c2ccc(COCCCC=O)cc2)c1. The number of nitrogens with zero attached hydrogens (tertiary/aromatic N) is 1. The van der Waals surface area contributed by atoms with Crippen LogP contribution in [-0.2, 0) is 26.2 Å². The molecule has 0 aliphatic carbocycles. The first-order valence-corrected chi connectivity index (χ1v) is 11.4. The van der Waals surface area contributed by atoms with Crippen molar-refractivity contribution in [2.24, 2.45) is 5.92 Å². The zero-order valence-corrected chi connectivity index (χ0v) is 18.5. The van der Waals surface area contributed by atoms with Crippen LogP contribution in [0.15, 0.2) is 47.4 Å². The predicted molar refractivity (Wildman–Crippen MR) is 117 cm³/mol. The summed E-state index contributed by atoms with van der Waals surface area (Å²) in [6, 6.07) is 12.7. The Bertz CT molecular complexity index is 885. The van der Waals surface area contributed by atoms with Crippen molar-refractivity contribution < 1.29 is 17.9 Å². The number of hydrogen-bond donors (Lipinski definition) is 0. The molecule has 0 spiro atoms. The number of unbranched alkanes of at least 4 members (excludes halogenated alkanes) is 1. The minimum Gasteiger partial charge on any atom is -0.377 e. The molecule has 2 rings (SSSR count). The van der Waals surface area contributed by atoms with E-state index in [4.69, 9.17) is 4.74 Å². The van der Waals surface area contributed by atoms with E-state index < -0.39 is 10.0 Å². The van der Waals surface area contributed by atoms with E-state index >= 15 is 0 Å². The Morgan fingerprint density at radius 3 is 2.21 bits per heavy atom. The fourth-order valence-electron chi connectivity index (χ4n) is 3.11. The number of anilines is 1. The lowest BCUT2D eigenvalue weighted by atomic mass is 10.1. The third-order valence-electron chi connectivity index (χ3n) is 4.42. The molecule has 0 unspecified atom stereocenters. The lowest BCUT2D eigenvalue weighted by molar-refractivity contribution is -0.108. The van der Waals surface area contributed by atoms with Gasteiger partial charge in [0.2, 0.25) is 0 Å². The molecule has 158 valence electrons. The molecule has 0 atom stereocenters. The highest BCUT2D eigenvalue weighted by atomic mass is 32.2. The van der Waals surface area contributed by atoms with Crippen molar-refractivity contribution in [2.45, 2.75) is 52.0 Å². The topological polar surface area (TPSA) is 63.7 Å². The van der Waals surface area contributed by atoms with Crippen molar-refractivity contribution in [2.75, 3.05) is 17.5 Å². The molecule has 0 radical (unpaired) electrons. The van der Waals surface area contributed by atoms with Crippen LogP contribution in [-0.4, -0.2) is 27.9 Å². The summed E-state index contributed by atoms with van der Waals surface area (Å²) in [4.78, 5) is 10.6. The Kier molecular flexibility index (Phi) is 8.41. The van der Waals surface area contributed by atoms with Crippen LogP contribution >= 0.6 is 0 Å². The van der Waals surface area contributed by atoms with Gasteiger partial charge in [0.25, 0.3) is 10.0 Å². The number of hydrogen-bond acceptors (Lipinski definition) is 4. The zero-order chi connectivity index (χ0) is 21.4. The van der Waals surface area contributed by atoms with Gasteiger partial charge in [0.1, 0.15) is 6.29 Å². The van der Waals surface area contributed by atoms with Crippen molar-refractivity contribution in [3.63, 3.8) is 0 Å². The van der Waals surface area contributed by atoms with Crippen LogP contribution in [0.4, 0.5) is 5.69 Å². The van der Waals surface area contributed by atoms with Crippen molar-refractivity contribution in [3.8, 4) is 0 Å². The second-order valence-corrected chi connectivity index (χ2v) is 9.64. The summed E-state index contributed by atoms with van der Waals surface area (Å²) in [6.07, 6.45) is 2.05. The van der Waals surface area contributed by atoms with Crippen LogP contribution in [0.25, 0.3) is 0 Å². The summed E-state index contributed by atoms with van der Waals surface area (Å²) in [7, 11) is -3.68. The van der Waals surface area contributed by atoms with Crippen molar-refractivity contribution >= 4 is 22.0 Å². The second kappa shape index (κ2) is 10.6. The molecule has 0 saturated carbocycles. The van der Waals surface area contributed by atoms with Gasteiger partial charge in [-0.2, -0.15) is 0 Å². The highest BCUT2D eigenvalue weighted by molar-refractivity contribution is 7.92. The maximum absolute atomic E-state index is 13.4. The minimum absolute atomic E-state index is 0.185. The lowest BCUT2D eigenvalue weighted by Gasteiger charge is -2.27. The maximum atomic E-state index is 13.4. The van der Waals surface area contributed by atoms with Gasteiger partial charge in [0, 0.05) is 19.6 Å². The second-order valence-electron chi connectivity index (χ2n) is 7.78. The smallest absolute Gasteiger partial charge is 0.264 e. The summed E-state index contributed by atoms with van der Waals surface area (Å²) in [5, 5.41) is 0. The van der Waals surface area contributed by atoms with Gasteiger partial charge in [-0.1, -0.05) is 32.0 Å². The Hall–Kier alpha value is -2.18. The van der Waals surface area contributed by atoms with Crippen LogP contribution in [0.1, 0.15) is 43.4 Å². The largest absolute Gasteiger partial charge is 0.377 e. The van der Waals surface area contributed by atoms with Gasteiger partial charge in [-0.05, 0) is 67.1 Å². The van der Waals surface area contributed by atoms with Crippen LogP contribution in [0.2, 0.25) is 0 Å². The van der Waals surface area contributed by atoms with Crippen molar-refractivity contribution in [1.82, 2.24) is 0 Å². The summed E-state index contributed by atoms with van der Waals surface area (Å²) >= 11 is 0. The fraction of sp³-hybridized carbons (Fsp3) is 0.435. The van der Waals surface area contributed by atoms with Gasteiger partial charge in [-0.15, -0.1) is 0 Å². The number of ether oxygens (including phenoxy) is 1. The Labute approximate surface area is 174 Å². The third-order valence-corrected chi connectivity index (χ3v) is 6.22. The average Bonchev–Trinajstić information content (AvgIpc) is 2.65. The van der Waals surface area contributed by atoms with E-state index in [2.05, 4.69) is 0 Å². The molecule has 6 heteroatoms. The molecule has 0 heterocycles. The third kappa shape index (κ3) is 6.68. The van der Waals surface area contributed by atoms with E-state index in [9.17, 15) is 13.2 Å². The Balaban J connectivity index is 2.23. The molecule has 0 aliphatic rings. The Morgan fingerprint density at radius 1 is 1.03 bits per heavy atom. The molecule has 0 bridgehead atoms. The minimum atomic E-state index is -3.68. The van der Waals surface area contributed by atoms with Gasteiger partial charge in [-0.3, -0.25) is 4.31 Å². The highest BCUT2D eigenvalue weighted by Crippen LogP contribution is 2.27. The maximum Gasteiger partial charge on any atom is 0.264 e. The molecule has 0 amide bonds. The van der Waals surface area contributed by atoms with Crippen LogP contribution < -0.4 is 4.31 Å². The quantitative estimate of drug-likeness (QED) is 0.394. The van der Waals surface area contributed by atoms with Crippen LogP contribution in [0, 0.1) is 19.8 Å².